The number of ether oxygens (including phenoxy) is 1. The third kappa shape index (κ3) is 3.88. The summed E-state index contributed by atoms with van der Waals surface area (Å²) in [6, 6.07) is 2.21. The number of aryl methyl sites for hydroxylation is 3. The Morgan fingerprint density at radius 2 is 1.87 bits per heavy atom. The minimum absolute atomic E-state index is 0.0575. The molecule has 9 heteroatoms. The number of hydrogen-bond donors (Lipinski definition) is 2. The Balaban J connectivity index is 1.06. The summed E-state index contributed by atoms with van der Waals surface area (Å²) >= 11 is 0. The maximum absolute atomic E-state index is 9.84. The summed E-state index contributed by atoms with van der Waals surface area (Å²) in [6.45, 7) is 9.65. The van der Waals surface area contributed by atoms with Gasteiger partial charge in [0.15, 0.2) is 5.65 Å². The van der Waals surface area contributed by atoms with Crippen molar-refractivity contribution in [3.05, 3.63) is 34.9 Å². The minimum atomic E-state index is -0.0575. The molecule has 38 heavy (non-hydrogen) atoms. The molecule has 8 rings (SSSR count). The van der Waals surface area contributed by atoms with Crippen molar-refractivity contribution in [1.29, 1.82) is 0 Å². The first-order chi connectivity index (χ1) is 18.3. The monoisotopic (exact) mass is 519 g/mol. The second-order valence-electron chi connectivity index (χ2n) is 12.9. The second kappa shape index (κ2) is 8.76. The summed E-state index contributed by atoms with van der Waals surface area (Å²) in [4.78, 5) is 7.21. The average Bonchev–Trinajstić information content (AvgIpc) is 3.43. The highest BCUT2D eigenvalue weighted by Gasteiger charge is 2.50. The van der Waals surface area contributed by atoms with Gasteiger partial charge in [-0.1, -0.05) is 0 Å². The smallest absolute Gasteiger partial charge is 0.159 e. The molecule has 3 aliphatic carbocycles. The molecule has 3 saturated carbocycles. The van der Waals surface area contributed by atoms with Crippen LogP contribution in [0.2, 0.25) is 0 Å². The highest BCUT2D eigenvalue weighted by atomic mass is 16.5. The molecule has 3 aromatic heterocycles. The molecule has 3 aromatic rings. The lowest BCUT2D eigenvalue weighted by Crippen LogP contribution is -2.61. The van der Waals surface area contributed by atoms with Gasteiger partial charge in [-0.3, -0.25) is 9.36 Å². The van der Waals surface area contributed by atoms with Gasteiger partial charge in [0, 0.05) is 62.1 Å². The van der Waals surface area contributed by atoms with Gasteiger partial charge < -0.3 is 20.1 Å². The van der Waals surface area contributed by atoms with E-state index in [2.05, 4.69) is 39.9 Å². The Labute approximate surface area is 224 Å². The first kappa shape index (κ1) is 24.5. The van der Waals surface area contributed by atoms with E-state index in [0.29, 0.717) is 18.6 Å². The van der Waals surface area contributed by atoms with Crippen LogP contribution in [0.1, 0.15) is 61.2 Å². The van der Waals surface area contributed by atoms with Crippen LogP contribution in [0.25, 0.3) is 11.0 Å². The number of aliphatic hydroxyl groups is 1. The number of nitrogens with one attached hydrogen (secondary N) is 1. The third-order valence-corrected chi connectivity index (χ3v) is 10.4. The molecule has 1 saturated heterocycles. The van der Waals surface area contributed by atoms with Gasteiger partial charge in [-0.25, -0.2) is 4.98 Å². The Morgan fingerprint density at radius 1 is 1.11 bits per heavy atom. The van der Waals surface area contributed by atoms with Gasteiger partial charge >= 0.3 is 0 Å². The predicted octanol–water partition coefficient (Wildman–Crippen LogP) is 3.04. The summed E-state index contributed by atoms with van der Waals surface area (Å²) in [7, 11) is 1.96. The molecular weight excluding hydrogens is 478 g/mol. The van der Waals surface area contributed by atoms with Crippen LogP contribution >= 0.6 is 0 Å². The summed E-state index contributed by atoms with van der Waals surface area (Å²) in [5.74, 6) is 0. The highest BCUT2D eigenvalue weighted by Crippen LogP contribution is 2.53. The molecule has 0 aromatic carbocycles. The molecule has 2 bridgehead atoms. The number of aliphatic hydroxyl groups excluding tert-OH is 1. The van der Waals surface area contributed by atoms with Crippen LogP contribution in [0.15, 0.2) is 12.3 Å². The SMILES string of the molecule is Cc1cc(N2CCc3c(c(C)nn3CC34CCC(NCC5(CO)COC5)(CC3)CC4)C2)c2cnn(C)c2n1. The lowest BCUT2D eigenvalue weighted by Gasteiger charge is -2.55. The fraction of sp³-hybridized carbons (Fsp3) is 0.690. The zero-order valence-electron chi connectivity index (χ0n) is 23.1. The first-order valence-electron chi connectivity index (χ1n) is 14.4. The Hall–Kier alpha value is -2.49. The average molecular weight is 520 g/mol. The lowest BCUT2D eigenvalue weighted by atomic mass is 9.57. The number of fused-ring (bicyclic) bond motifs is 5. The summed E-state index contributed by atoms with van der Waals surface area (Å²) in [6.07, 6.45) is 10.4. The van der Waals surface area contributed by atoms with Crippen LogP contribution in [0.4, 0.5) is 5.69 Å². The second-order valence-corrected chi connectivity index (χ2v) is 12.9. The van der Waals surface area contributed by atoms with Crippen molar-refractivity contribution in [3.63, 3.8) is 0 Å². The van der Waals surface area contributed by atoms with Crippen LogP contribution in [-0.4, -0.2) is 68.1 Å². The summed E-state index contributed by atoms with van der Waals surface area (Å²) in [5, 5.41) is 24.5. The van der Waals surface area contributed by atoms with E-state index in [0.717, 1.165) is 49.3 Å². The van der Waals surface area contributed by atoms with Crippen LogP contribution < -0.4 is 10.2 Å². The number of rotatable bonds is 7. The zero-order valence-corrected chi connectivity index (χ0v) is 23.1. The van der Waals surface area contributed by atoms with Crippen molar-refractivity contribution in [2.24, 2.45) is 17.9 Å². The molecule has 5 heterocycles. The number of pyridine rings is 1. The van der Waals surface area contributed by atoms with E-state index in [1.807, 2.05) is 17.9 Å². The number of hydrogen-bond acceptors (Lipinski definition) is 7. The fourth-order valence-corrected chi connectivity index (χ4v) is 7.58. The maximum Gasteiger partial charge on any atom is 0.159 e. The zero-order chi connectivity index (χ0) is 26.1. The number of nitrogens with zero attached hydrogens (tertiary/aromatic N) is 6. The lowest BCUT2D eigenvalue weighted by molar-refractivity contribution is -0.139. The van der Waals surface area contributed by atoms with Crippen molar-refractivity contribution in [2.45, 2.75) is 77.4 Å². The summed E-state index contributed by atoms with van der Waals surface area (Å²) < 4.78 is 9.67. The molecule has 0 unspecified atom stereocenters. The maximum atomic E-state index is 9.84. The van der Waals surface area contributed by atoms with E-state index in [9.17, 15) is 5.11 Å². The van der Waals surface area contributed by atoms with Crippen molar-refractivity contribution >= 4 is 16.7 Å². The predicted molar refractivity (Wildman–Crippen MR) is 146 cm³/mol. The quantitative estimate of drug-likeness (QED) is 0.496. The molecule has 0 amide bonds. The molecule has 204 valence electrons. The van der Waals surface area contributed by atoms with Gasteiger partial charge in [0.25, 0.3) is 0 Å². The van der Waals surface area contributed by atoms with Crippen molar-refractivity contribution in [3.8, 4) is 0 Å². The highest BCUT2D eigenvalue weighted by molar-refractivity contribution is 5.89. The number of anilines is 1. The topological polar surface area (TPSA) is 93.3 Å². The normalized spacial score (nSPS) is 28.1. The molecule has 0 atom stereocenters. The molecule has 4 fully saturated rings. The standard InChI is InChI=1S/C29H41N7O2/c1-20-12-25(22-13-31-34(3)26(22)32-20)35-11-4-24-23(14-35)21(2)33-36(24)16-27-5-8-29(9-6-27,10-7-27)30-15-28(17-37)18-38-19-28/h12-13,30,37H,4-11,14-19H2,1-3H3. The van der Waals surface area contributed by atoms with Crippen molar-refractivity contribution in [1.82, 2.24) is 29.9 Å². The van der Waals surface area contributed by atoms with Crippen LogP contribution in [0.5, 0.6) is 0 Å². The summed E-state index contributed by atoms with van der Waals surface area (Å²) in [5.41, 5.74) is 7.79. The van der Waals surface area contributed by atoms with E-state index >= 15 is 0 Å². The molecule has 2 N–H and O–H groups in total. The molecule has 2 aliphatic heterocycles. The van der Waals surface area contributed by atoms with Crippen LogP contribution in [0, 0.1) is 24.7 Å². The van der Waals surface area contributed by atoms with Gasteiger partial charge in [-0.05, 0) is 63.9 Å². The molecule has 0 radical (unpaired) electrons. The van der Waals surface area contributed by atoms with Crippen molar-refractivity contribution < 1.29 is 9.84 Å². The molecular formula is C29H41N7O2. The number of aromatic nitrogens is 5. The van der Waals surface area contributed by atoms with Gasteiger partial charge in [0.05, 0.1) is 48.2 Å². The Morgan fingerprint density at radius 3 is 2.55 bits per heavy atom. The van der Waals surface area contributed by atoms with Gasteiger partial charge in [0.1, 0.15) is 0 Å². The van der Waals surface area contributed by atoms with Crippen LogP contribution in [0.3, 0.4) is 0 Å². The van der Waals surface area contributed by atoms with Gasteiger partial charge in [0.2, 0.25) is 0 Å². The Bertz CT molecular complexity index is 1340. The molecule has 0 spiro atoms. The van der Waals surface area contributed by atoms with Gasteiger partial charge in [-0.15, -0.1) is 0 Å². The van der Waals surface area contributed by atoms with E-state index < -0.39 is 0 Å². The van der Waals surface area contributed by atoms with Crippen molar-refractivity contribution in [2.75, 3.05) is 37.8 Å². The Kier molecular flexibility index (Phi) is 5.66. The largest absolute Gasteiger partial charge is 0.396 e. The van der Waals surface area contributed by atoms with E-state index in [1.165, 1.54) is 61.2 Å². The van der Waals surface area contributed by atoms with E-state index in [1.54, 1.807) is 0 Å². The molecule has 5 aliphatic rings. The third-order valence-electron chi connectivity index (χ3n) is 10.4. The van der Waals surface area contributed by atoms with E-state index in [4.69, 9.17) is 14.8 Å². The first-order valence-corrected chi connectivity index (χ1v) is 14.4. The van der Waals surface area contributed by atoms with Gasteiger partial charge in [-0.2, -0.15) is 10.2 Å². The van der Waals surface area contributed by atoms with Crippen LogP contribution in [-0.2, 0) is 31.3 Å². The van der Waals surface area contributed by atoms with E-state index in [-0.39, 0.29) is 17.6 Å². The minimum Gasteiger partial charge on any atom is -0.396 e. The molecule has 9 nitrogen and oxygen atoms in total. The fourth-order valence-electron chi connectivity index (χ4n) is 7.58.